The predicted octanol–water partition coefficient (Wildman–Crippen LogP) is 3.26. The number of aryl methyl sites for hydroxylation is 2. The van der Waals surface area contributed by atoms with Crippen LogP contribution in [0.15, 0.2) is 42.9 Å². The van der Waals surface area contributed by atoms with Gasteiger partial charge in [0.1, 0.15) is 0 Å². The van der Waals surface area contributed by atoms with Crippen LogP contribution in [0.5, 0.6) is 0 Å². The first-order valence-corrected chi connectivity index (χ1v) is 8.03. The minimum atomic E-state index is 0.896. The van der Waals surface area contributed by atoms with Crippen molar-refractivity contribution in [2.24, 2.45) is 13.0 Å². The van der Waals surface area contributed by atoms with E-state index in [2.05, 4.69) is 51.8 Å². The van der Waals surface area contributed by atoms with Crippen LogP contribution in [0.25, 0.3) is 0 Å². The van der Waals surface area contributed by atoms with Crippen LogP contribution in [0.2, 0.25) is 0 Å². The van der Waals surface area contributed by atoms with Gasteiger partial charge in [0.2, 0.25) is 0 Å². The molecule has 1 saturated heterocycles. The molecule has 0 amide bonds. The SMILES string of the molecule is Cn1cncc1CN1CCC(CCc2ccccc2)CC1. The van der Waals surface area contributed by atoms with Gasteiger partial charge in [-0.15, -0.1) is 0 Å². The first-order chi connectivity index (χ1) is 10.3. The highest BCUT2D eigenvalue weighted by molar-refractivity contribution is 5.14. The minimum Gasteiger partial charge on any atom is -0.337 e. The number of hydrogen-bond acceptors (Lipinski definition) is 2. The van der Waals surface area contributed by atoms with E-state index in [1.54, 1.807) is 0 Å². The van der Waals surface area contributed by atoms with Crippen LogP contribution in [-0.2, 0) is 20.0 Å². The van der Waals surface area contributed by atoms with Gasteiger partial charge in [-0.05, 0) is 50.3 Å². The van der Waals surface area contributed by atoms with Crippen LogP contribution in [-0.4, -0.2) is 27.5 Å². The van der Waals surface area contributed by atoms with Gasteiger partial charge in [-0.2, -0.15) is 0 Å². The van der Waals surface area contributed by atoms with Crippen LogP contribution in [0.4, 0.5) is 0 Å². The summed E-state index contributed by atoms with van der Waals surface area (Å²) in [5, 5.41) is 0. The molecule has 0 unspecified atom stereocenters. The third-order valence-electron chi connectivity index (χ3n) is 4.69. The summed E-state index contributed by atoms with van der Waals surface area (Å²) in [6, 6.07) is 10.9. The molecule has 0 saturated carbocycles. The zero-order chi connectivity index (χ0) is 14.5. The molecule has 1 aliphatic rings. The summed E-state index contributed by atoms with van der Waals surface area (Å²) in [7, 11) is 2.08. The summed E-state index contributed by atoms with van der Waals surface area (Å²) in [5.41, 5.74) is 2.80. The number of rotatable bonds is 5. The normalized spacial score (nSPS) is 17.2. The maximum Gasteiger partial charge on any atom is 0.0945 e. The number of nitrogens with zero attached hydrogens (tertiary/aromatic N) is 3. The molecule has 3 heteroatoms. The van der Waals surface area contributed by atoms with Gasteiger partial charge in [0, 0.05) is 19.8 Å². The monoisotopic (exact) mass is 283 g/mol. The van der Waals surface area contributed by atoms with Crippen LogP contribution < -0.4 is 0 Å². The Balaban J connectivity index is 1.42. The van der Waals surface area contributed by atoms with E-state index in [1.807, 2.05) is 12.5 Å². The van der Waals surface area contributed by atoms with Crippen molar-refractivity contribution in [1.29, 1.82) is 0 Å². The number of hydrogen-bond donors (Lipinski definition) is 0. The molecule has 1 aliphatic heterocycles. The quantitative estimate of drug-likeness (QED) is 0.840. The lowest BCUT2D eigenvalue weighted by Gasteiger charge is -2.32. The first kappa shape index (κ1) is 14.3. The molecular weight excluding hydrogens is 258 g/mol. The largest absolute Gasteiger partial charge is 0.337 e. The van der Waals surface area contributed by atoms with E-state index in [0.717, 1.165) is 12.5 Å². The maximum atomic E-state index is 4.20. The standard InChI is InChI=1S/C18H25N3/c1-20-15-19-13-18(20)14-21-11-9-17(10-12-21)8-7-16-5-3-2-4-6-16/h2-6,13,15,17H,7-12,14H2,1H3. The van der Waals surface area contributed by atoms with Crippen molar-refractivity contribution in [3.05, 3.63) is 54.1 Å². The van der Waals surface area contributed by atoms with Gasteiger partial charge in [0.15, 0.2) is 0 Å². The van der Waals surface area contributed by atoms with E-state index < -0.39 is 0 Å². The van der Waals surface area contributed by atoms with E-state index in [1.165, 1.54) is 50.0 Å². The number of piperidine rings is 1. The lowest BCUT2D eigenvalue weighted by atomic mass is 9.90. The molecule has 3 rings (SSSR count). The van der Waals surface area contributed by atoms with E-state index >= 15 is 0 Å². The zero-order valence-corrected chi connectivity index (χ0v) is 12.9. The molecule has 1 aromatic heterocycles. The summed E-state index contributed by atoms with van der Waals surface area (Å²) in [6.45, 7) is 3.50. The molecule has 1 fully saturated rings. The summed E-state index contributed by atoms with van der Waals surface area (Å²) in [5.74, 6) is 0.896. The van der Waals surface area contributed by atoms with Crippen LogP contribution >= 0.6 is 0 Å². The molecule has 3 nitrogen and oxygen atoms in total. The van der Waals surface area contributed by atoms with Crippen molar-refractivity contribution in [2.75, 3.05) is 13.1 Å². The Kier molecular flexibility index (Phi) is 4.71. The smallest absolute Gasteiger partial charge is 0.0945 e. The second kappa shape index (κ2) is 6.90. The Bertz CT molecular complexity index is 539. The molecule has 0 aliphatic carbocycles. The second-order valence-corrected chi connectivity index (χ2v) is 6.24. The van der Waals surface area contributed by atoms with E-state index in [0.29, 0.717) is 0 Å². The third-order valence-corrected chi connectivity index (χ3v) is 4.69. The average Bonchev–Trinajstić information content (AvgIpc) is 2.93. The van der Waals surface area contributed by atoms with Gasteiger partial charge >= 0.3 is 0 Å². The number of benzene rings is 1. The topological polar surface area (TPSA) is 21.1 Å². The molecule has 0 spiro atoms. The zero-order valence-electron chi connectivity index (χ0n) is 12.9. The van der Waals surface area contributed by atoms with Gasteiger partial charge in [-0.3, -0.25) is 4.90 Å². The molecule has 2 heterocycles. The Morgan fingerprint density at radius 2 is 1.90 bits per heavy atom. The fourth-order valence-corrected chi connectivity index (χ4v) is 3.21. The highest BCUT2D eigenvalue weighted by Gasteiger charge is 2.19. The summed E-state index contributed by atoms with van der Waals surface area (Å²) in [6.07, 6.45) is 9.12. The second-order valence-electron chi connectivity index (χ2n) is 6.24. The van der Waals surface area contributed by atoms with Gasteiger partial charge in [0.25, 0.3) is 0 Å². The van der Waals surface area contributed by atoms with E-state index in [-0.39, 0.29) is 0 Å². The van der Waals surface area contributed by atoms with E-state index in [9.17, 15) is 0 Å². The lowest BCUT2D eigenvalue weighted by molar-refractivity contribution is 0.169. The summed E-state index contributed by atoms with van der Waals surface area (Å²) in [4.78, 5) is 6.77. The van der Waals surface area contributed by atoms with Crippen LogP contribution in [0, 0.1) is 5.92 Å². The highest BCUT2D eigenvalue weighted by Crippen LogP contribution is 2.23. The summed E-state index contributed by atoms with van der Waals surface area (Å²) >= 11 is 0. The van der Waals surface area contributed by atoms with Crippen molar-refractivity contribution in [1.82, 2.24) is 14.5 Å². The molecule has 21 heavy (non-hydrogen) atoms. The van der Waals surface area contributed by atoms with Crippen molar-refractivity contribution in [3.63, 3.8) is 0 Å². The third kappa shape index (κ3) is 3.94. The van der Waals surface area contributed by atoms with Crippen molar-refractivity contribution >= 4 is 0 Å². The van der Waals surface area contributed by atoms with Crippen molar-refractivity contribution in [2.45, 2.75) is 32.2 Å². The molecule has 1 aromatic carbocycles. The van der Waals surface area contributed by atoms with Gasteiger partial charge in [-0.25, -0.2) is 4.98 Å². The fourth-order valence-electron chi connectivity index (χ4n) is 3.21. The number of likely N-dealkylation sites (tertiary alicyclic amines) is 1. The van der Waals surface area contributed by atoms with Gasteiger partial charge in [-0.1, -0.05) is 30.3 Å². The number of imidazole rings is 1. The van der Waals surface area contributed by atoms with Crippen molar-refractivity contribution < 1.29 is 0 Å². The Labute approximate surface area is 127 Å². The molecule has 0 radical (unpaired) electrons. The molecule has 0 bridgehead atoms. The number of aromatic nitrogens is 2. The molecule has 0 atom stereocenters. The maximum absolute atomic E-state index is 4.20. The Hall–Kier alpha value is -1.61. The predicted molar refractivity (Wildman–Crippen MR) is 86.0 cm³/mol. The average molecular weight is 283 g/mol. The van der Waals surface area contributed by atoms with Crippen molar-refractivity contribution in [3.8, 4) is 0 Å². The minimum absolute atomic E-state index is 0.896. The van der Waals surface area contributed by atoms with Crippen LogP contribution in [0.1, 0.15) is 30.5 Å². The van der Waals surface area contributed by atoms with Gasteiger partial charge < -0.3 is 4.57 Å². The first-order valence-electron chi connectivity index (χ1n) is 8.03. The molecule has 0 N–H and O–H groups in total. The van der Waals surface area contributed by atoms with Crippen LogP contribution in [0.3, 0.4) is 0 Å². The lowest BCUT2D eigenvalue weighted by Crippen LogP contribution is -2.33. The fraction of sp³-hybridized carbons (Fsp3) is 0.500. The molecule has 2 aromatic rings. The van der Waals surface area contributed by atoms with Gasteiger partial charge in [0.05, 0.1) is 12.0 Å². The Morgan fingerprint density at radius 3 is 2.57 bits per heavy atom. The molecular formula is C18H25N3. The summed E-state index contributed by atoms with van der Waals surface area (Å²) < 4.78 is 2.13. The Morgan fingerprint density at radius 1 is 1.14 bits per heavy atom. The van der Waals surface area contributed by atoms with E-state index in [4.69, 9.17) is 0 Å². The molecule has 112 valence electrons. The highest BCUT2D eigenvalue weighted by atomic mass is 15.2.